The van der Waals surface area contributed by atoms with Crippen LogP contribution in [0.5, 0.6) is 0 Å². The van der Waals surface area contributed by atoms with Crippen molar-refractivity contribution in [1.29, 1.82) is 0 Å². The molecule has 1 fully saturated rings. The van der Waals surface area contributed by atoms with Gasteiger partial charge in [0.15, 0.2) is 5.76 Å². The number of piperazine rings is 1. The first-order chi connectivity index (χ1) is 13.6. The predicted molar refractivity (Wildman–Crippen MR) is 108 cm³/mol. The molecular weight excluding hydrogens is 352 g/mol. The molecule has 0 radical (unpaired) electrons. The summed E-state index contributed by atoms with van der Waals surface area (Å²) in [4.78, 5) is 26.0. The van der Waals surface area contributed by atoms with Gasteiger partial charge in [0.2, 0.25) is 0 Å². The second-order valence-corrected chi connectivity index (χ2v) is 7.08. The molecule has 144 valence electrons. The maximum atomic E-state index is 12.5. The minimum Gasteiger partial charge on any atom is -0.459 e. The summed E-state index contributed by atoms with van der Waals surface area (Å²) in [6, 6.07) is 13.8. The number of amides is 1. The van der Waals surface area contributed by atoms with E-state index in [2.05, 4.69) is 34.1 Å². The number of aryl methyl sites for hydroxylation is 2. The van der Waals surface area contributed by atoms with Gasteiger partial charge in [-0.3, -0.25) is 4.79 Å². The average molecular weight is 376 g/mol. The van der Waals surface area contributed by atoms with Gasteiger partial charge >= 0.3 is 0 Å². The van der Waals surface area contributed by atoms with Crippen LogP contribution in [0, 0.1) is 13.8 Å². The van der Waals surface area contributed by atoms with E-state index in [0.29, 0.717) is 18.8 Å². The van der Waals surface area contributed by atoms with Crippen LogP contribution >= 0.6 is 0 Å². The molecule has 0 atom stereocenters. The Bertz CT molecular complexity index is 946. The first-order valence-electron chi connectivity index (χ1n) is 9.57. The van der Waals surface area contributed by atoms with Crippen molar-refractivity contribution in [2.24, 2.45) is 0 Å². The highest BCUT2D eigenvalue weighted by Crippen LogP contribution is 2.25. The normalized spacial score (nSPS) is 14.4. The van der Waals surface area contributed by atoms with Gasteiger partial charge in [0.05, 0.1) is 6.26 Å². The van der Waals surface area contributed by atoms with Crippen LogP contribution in [0.15, 0.2) is 53.1 Å². The number of benzene rings is 1. The molecule has 0 spiro atoms. The number of nitrogens with zero attached hydrogens (tertiary/aromatic N) is 4. The van der Waals surface area contributed by atoms with Crippen molar-refractivity contribution in [3.63, 3.8) is 0 Å². The lowest BCUT2D eigenvalue weighted by Crippen LogP contribution is -2.49. The van der Waals surface area contributed by atoms with Gasteiger partial charge in [0.25, 0.3) is 5.91 Å². The monoisotopic (exact) mass is 376 g/mol. The van der Waals surface area contributed by atoms with Crippen molar-refractivity contribution < 1.29 is 9.21 Å². The maximum absolute atomic E-state index is 12.5. The summed E-state index contributed by atoms with van der Waals surface area (Å²) in [7, 11) is 0. The molecule has 2 aromatic heterocycles. The number of carbonyl (C=O) groups excluding carboxylic acids is 1. The molecule has 3 heterocycles. The molecule has 28 heavy (non-hydrogen) atoms. The highest BCUT2D eigenvalue weighted by Gasteiger charge is 2.26. The average Bonchev–Trinajstić information content (AvgIpc) is 3.25. The van der Waals surface area contributed by atoms with Crippen molar-refractivity contribution in [1.82, 2.24) is 14.9 Å². The van der Waals surface area contributed by atoms with E-state index >= 15 is 0 Å². The van der Waals surface area contributed by atoms with E-state index in [9.17, 15) is 4.79 Å². The zero-order chi connectivity index (χ0) is 19.5. The van der Waals surface area contributed by atoms with Crippen molar-refractivity contribution in [3.8, 4) is 0 Å². The van der Waals surface area contributed by atoms with Crippen LogP contribution in [0.25, 0.3) is 0 Å². The van der Waals surface area contributed by atoms with Crippen LogP contribution in [0.1, 0.15) is 33.2 Å². The van der Waals surface area contributed by atoms with Crippen LogP contribution < -0.4 is 4.90 Å². The second kappa shape index (κ2) is 7.84. The third-order valence-corrected chi connectivity index (χ3v) is 5.13. The number of anilines is 1. The van der Waals surface area contributed by atoms with Gasteiger partial charge in [0, 0.05) is 43.9 Å². The number of hydrogen-bond acceptors (Lipinski definition) is 5. The summed E-state index contributed by atoms with van der Waals surface area (Å²) in [5.41, 5.74) is 3.41. The third-order valence-electron chi connectivity index (χ3n) is 5.13. The fourth-order valence-electron chi connectivity index (χ4n) is 3.66. The molecule has 6 heteroatoms. The highest BCUT2D eigenvalue weighted by atomic mass is 16.3. The standard InChI is InChI=1S/C22H24N4O2/c1-16-19(15-18-7-4-3-5-8-18)21(24-17(2)23-16)25-10-12-26(13-11-25)22(27)20-9-6-14-28-20/h3-9,14H,10-13,15H2,1-2H3. The Kier molecular flexibility index (Phi) is 5.10. The van der Waals surface area contributed by atoms with Gasteiger partial charge in [-0.15, -0.1) is 0 Å². The Morgan fingerprint density at radius 1 is 1.00 bits per heavy atom. The zero-order valence-corrected chi connectivity index (χ0v) is 16.3. The topological polar surface area (TPSA) is 62.5 Å². The summed E-state index contributed by atoms with van der Waals surface area (Å²) in [6.45, 7) is 6.75. The summed E-state index contributed by atoms with van der Waals surface area (Å²) >= 11 is 0. The van der Waals surface area contributed by atoms with Crippen LogP contribution in [-0.4, -0.2) is 47.0 Å². The minimum absolute atomic E-state index is 0.0517. The lowest BCUT2D eigenvalue weighted by atomic mass is 10.0. The first-order valence-corrected chi connectivity index (χ1v) is 9.57. The van der Waals surface area contributed by atoms with Crippen LogP contribution in [0.2, 0.25) is 0 Å². The van der Waals surface area contributed by atoms with Gasteiger partial charge in [0.1, 0.15) is 11.6 Å². The quantitative estimate of drug-likeness (QED) is 0.699. The molecule has 0 N–H and O–H groups in total. The van der Waals surface area contributed by atoms with E-state index in [1.165, 1.54) is 11.8 Å². The third kappa shape index (κ3) is 3.76. The first kappa shape index (κ1) is 18.2. The molecule has 1 saturated heterocycles. The molecule has 4 rings (SSSR count). The Morgan fingerprint density at radius 2 is 1.75 bits per heavy atom. The molecule has 1 aromatic carbocycles. The molecule has 0 saturated carbocycles. The largest absolute Gasteiger partial charge is 0.459 e. The molecule has 6 nitrogen and oxygen atoms in total. The smallest absolute Gasteiger partial charge is 0.289 e. The van der Waals surface area contributed by atoms with E-state index in [1.54, 1.807) is 12.1 Å². The van der Waals surface area contributed by atoms with Crippen LogP contribution in [-0.2, 0) is 6.42 Å². The Balaban J connectivity index is 1.54. The Hall–Kier alpha value is -3.15. The zero-order valence-electron chi connectivity index (χ0n) is 16.3. The van der Waals surface area contributed by atoms with Crippen LogP contribution in [0.3, 0.4) is 0 Å². The Labute approximate surface area is 164 Å². The van der Waals surface area contributed by atoms with Gasteiger partial charge in [-0.2, -0.15) is 0 Å². The number of aromatic nitrogens is 2. The molecular formula is C22H24N4O2. The summed E-state index contributed by atoms with van der Waals surface area (Å²) < 4.78 is 5.25. The van der Waals surface area contributed by atoms with E-state index in [4.69, 9.17) is 9.40 Å². The van der Waals surface area contributed by atoms with Crippen molar-refractivity contribution in [2.75, 3.05) is 31.1 Å². The van der Waals surface area contributed by atoms with Crippen LogP contribution in [0.4, 0.5) is 5.82 Å². The molecule has 1 aliphatic heterocycles. The van der Waals surface area contributed by atoms with Crippen molar-refractivity contribution in [2.45, 2.75) is 20.3 Å². The van der Waals surface area contributed by atoms with E-state index in [1.807, 2.05) is 24.8 Å². The van der Waals surface area contributed by atoms with Gasteiger partial charge in [-0.05, 0) is 31.5 Å². The molecule has 1 amide bonds. The fraction of sp³-hybridized carbons (Fsp3) is 0.318. The number of hydrogen-bond donors (Lipinski definition) is 0. The molecule has 0 bridgehead atoms. The molecule has 0 aliphatic carbocycles. The summed E-state index contributed by atoms with van der Waals surface area (Å²) in [6.07, 6.45) is 2.33. The summed E-state index contributed by atoms with van der Waals surface area (Å²) in [5.74, 6) is 2.11. The van der Waals surface area contributed by atoms with Gasteiger partial charge in [-0.1, -0.05) is 30.3 Å². The molecule has 3 aromatic rings. The van der Waals surface area contributed by atoms with Crippen molar-refractivity contribution in [3.05, 3.63) is 77.1 Å². The lowest BCUT2D eigenvalue weighted by molar-refractivity contribution is 0.0714. The van der Waals surface area contributed by atoms with Crippen molar-refractivity contribution >= 4 is 11.7 Å². The SMILES string of the molecule is Cc1nc(C)c(Cc2ccccc2)c(N2CCN(C(=O)c3ccco3)CC2)n1. The fourth-order valence-corrected chi connectivity index (χ4v) is 3.66. The molecule has 0 unspecified atom stereocenters. The van der Waals surface area contributed by atoms with Gasteiger partial charge in [-0.25, -0.2) is 9.97 Å². The number of carbonyl (C=O) groups is 1. The number of rotatable bonds is 4. The van der Waals surface area contributed by atoms with Gasteiger partial charge < -0.3 is 14.2 Å². The molecule has 1 aliphatic rings. The van der Waals surface area contributed by atoms with E-state index in [0.717, 1.165) is 42.4 Å². The summed E-state index contributed by atoms with van der Waals surface area (Å²) in [5, 5.41) is 0. The number of furan rings is 1. The second-order valence-electron chi connectivity index (χ2n) is 7.08. The minimum atomic E-state index is -0.0517. The highest BCUT2D eigenvalue weighted by molar-refractivity contribution is 5.91. The predicted octanol–water partition coefficient (Wildman–Crippen LogP) is 3.24. The lowest BCUT2D eigenvalue weighted by Gasteiger charge is -2.36. The maximum Gasteiger partial charge on any atom is 0.289 e. The van der Waals surface area contributed by atoms with E-state index < -0.39 is 0 Å². The Morgan fingerprint density at radius 3 is 2.43 bits per heavy atom. The van der Waals surface area contributed by atoms with E-state index in [-0.39, 0.29) is 5.91 Å².